The van der Waals surface area contributed by atoms with Gasteiger partial charge in [0.2, 0.25) is 10.4 Å². The van der Waals surface area contributed by atoms with Gasteiger partial charge < -0.3 is 23.2 Å². The average molecular weight is 696 g/mol. The number of carbonyl (C=O) groups excluding carboxylic acids is 1. The molecular weight excluding hydrogens is 618 g/mol. The van der Waals surface area contributed by atoms with E-state index in [-0.39, 0.29) is 18.7 Å². The first-order valence-corrected chi connectivity index (χ1v) is 20.4. The van der Waals surface area contributed by atoms with Crippen molar-refractivity contribution in [3.05, 3.63) is 0 Å². The molecule has 0 aliphatic heterocycles. The molecule has 1 atom stereocenters. The van der Waals surface area contributed by atoms with Crippen LogP contribution in [0.1, 0.15) is 168 Å². The second kappa shape index (κ2) is 35.1. The van der Waals surface area contributed by atoms with E-state index in [2.05, 4.69) is 18.0 Å². The molecule has 0 heterocycles. The Morgan fingerprint density at radius 1 is 0.596 bits per heavy atom. The number of unbranched alkanes of at least 4 members (excludes halogenated alkanes) is 22. The third-order valence-electron chi connectivity index (χ3n) is 8.04. The second-order valence-electron chi connectivity index (χ2n) is 14.1. The Balaban J connectivity index is 0. The van der Waals surface area contributed by atoms with Crippen LogP contribution in [0, 0.1) is 0 Å². The predicted octanol–water partition coefficient (Wildman–Crippen LogP) is 9.13. The van der Waals surface area contributed by atoms with E-state index in [1.165, 1.54) is 141 Å². The highest BCUT2D eigenvalue weighted by atomic mass is 32.3. The number of rotatable bonds is 34. The lowest BCUT2D eigenvalue weighted by Gasteiger charge is -2.23. The molecule has 0 saturated carbocycles. The number of nitrogens with zero attached hydrogens (tertiary/aromatic N) is 1. The van der Waals surface area contributed by atoms with Gasteiger partial charge in [-0.3, -0.25) is 4.18 Å². The fourth-order valence-corrected chi connectivity index (χ4v) is 5.22. The largest absolute Gasteiger partial charge is 0.726 e. The van der Waals surface area contributed by atoms with Gasteiger partial charge in [-0.25, -0.2) is 13.2 Å². The highest BCUT2D eigenvalue weighted by Crippen LogP contribution is 2.13. The summed E-state index contributed by atoms with van der Waals surface area (Å²) in [5.41, 5.74) is 0. The van der Waals surface area contributed by atoms with Crippen molar-refractivity contribution >= 4 is 16.4 Å². The maximum Gasteiger partial charge on any atom is 0.361 e. The van der Waals surface area contributed by atoms with Crippen LogP contribution in [0.3, 0.4) is 0 Å². The summed E-state index contributed by atoms with van der Waals surface area (Å²) >= 11 is 0. The summed E-state index contributed by atoms with van der Waals surface area (Å²) in [7, 11) is 2.40. The van der Waals surface area contributed by atoms with Crippen molar-refractivity contribution in [3.63, 3.8) is 0 Å². The van der Waals surface area contributed by atoms with E-state index in [4.69, 9.17) is 14.2 Å². The van der Waals surface area contributed by atoms with Crippen molar-refractivity contribution < 1.29 is 40.6 Å². The van der Waals surface area contributed by atoms with Gasteiger partial charge in [0.25, 0.3) is 0 Å². The number of hydrogen-bond acceptors (Lipinski definition) is 8. The van der Waals surface area contributed by atoms with Crippen LogP contribution in [-0.2, 0) is 33.6 Å². The zero-order valence-corrected chi connectivity index (χ0v) is 32.5. The Morgan fingerprint density at radius 2 is 0.936 bits per heavy atom. The molecule has 10 heteroatoms. The molecule has 0 amide bonds. The van der Waals surface area contributed by atoms with Gasteiger partial charge in [-0.05, 0) is 12.8 Å². The van der Waals surface area contributed by atoms with Crippen LogP contribution in [0.25, 0.3) is 0 Å². The molecule has 0 saturated heterocycles. The zero-order valence-electron chi connectivity index (χ0n) is 31.7. The fourth-order valence-electron chi connectivity index (χ4n) is 5.22. The second-order valence-corrected chi connectivity index (χ2v) is 15.2. The number of carbonyl (C=O) groups is 1. The maximum atomic E-state index is 12.2. The summed E-state index contributed by atoms with van der Waals surface area (Å²) in [5, 5.41) is 0. The van der Waals surface area contributed by atoms with E-state index in [0.29, 0.717) is 17.6 Å². The quantitative estimate of drug-likeness (QED) is 0.0215. The van der Waals surface area contributed by atoms with Crippen LogP contribution in [-0.4, -0.2) is 90.8 Å². The van der Waals surface area contributed by atoms with E-state index < -0.39 is 10.4 Å². The average Bonchev–Trinajstić information content (AvgIpc) is 3.01. The van der Waals surface area contributed by atoms with Gasteiger partial charge in [0.05, 0.1) is 34.9 Å². The molecule has 0 aromatic rings. The van der Waals surface area contributed by atoms with Crippen LogP contribution in [0.5, 0.6) is 0 Å². The molecule has 1 unspecified atom stereocenters. The first-order valence-electron chi connectivity index (χ1n) is 19.1. The third kappa shape index (κ3) is 45.2. The van der Waals surface area contributed by atoms with Crippen LogP contribution in [0.15, 0.2) is 0 Å². The summed E-state index contributed by atoms with van der Waals surface area (Å²) in [6, 6.07) is 0. The lowest BCUT2D eigenvalue weighted by molar-refractivity contribution is -0.862. The van der Waals surface area contributed by atoms with E-state index in [0.717, 1.165) is 33.2 Å². The summed E-state index contributed by atoms with van der Waals surface area (Å²) in [6.45, 7) is 7.21. The molecule has 284 valence electrons. The van der Waals surface area contributed by atoms with Crippen molar-refractivity contribution in [2.45, 2.75) is 174 Å². The third-order valence-corrected chi connectivity index (χ3v) is 8.44. The minimum absolute atomic E-state index is 0.169. The SMILES string of the molecule is CCCCCCCCCCCCCCOCC(COC(=O)C[N+](C)(C)C)OCCCCCCCCCCCCCC.COS(=O)(=O)[O-]. The topological polar surface area (TPSA) is 111 Å². The molecule has 0 aromatic carbocycles. The number of esters is 1. The van der Waals surface area contributed by atoms with Gasteiger partial charge in [0.15, 0.2) is 6.54 Å². The lowest BCUT2D eigenvalue weighted by Crippen LogP contribution is -2.41. The molecule has 0 spiro atoms. The van der Waals surface area contributed by atoms with Gasteiger partial charge in [-0.2, -0.15) is 0 Å². The molecule has 0 aliphatic rings. The molecule has 0 radical (unpaired) electrons. The Hall–Kier alpha value is -0.780. The number of likely N-dealkylation sites (N-methyl/N-ethyl adjacent to an activating group) is 1. The summed E-state index contributed by atoms with van der Waals surface area (Å²) in [5.74, 6) is -0.169. The summed E-state index contributed by atoms with van der Waals surface area (Å²) < 4.78 is 49.2. The molecule has 0 aromatic heterocycles. The van der Waals surface area contributed by atoms with Crippen molar-refractivity contribution in [2.75, 3.05) is 61.2 Å². The Morgan fingerprint density at radius 3 is 1.28 bits per heavy atom. The smallest absolute Gasteiger partial charge is 0.361 e. The molecule has 0 rings (SSSR count). The van der Waals surface area contributed by atoms with Crippen LogP contribution < -0.4 is 0 Å². The first-order chi connectivity index (χ1) is 22.4. The van der Waals surface area contributed by atoms with E-state index in [1.807, 2.05) is 21.1 Å². The van der Waals surface area contributed by atoms with Crippen LogP contribution >= 0.6 is 0 Å². The van der Waals surface area contributed by atoms with Gasteiger partial charge in [-0.1, -0.05) is 155 Å². The first kappa shape index (κ1) is 48.3. The standard InChI is InChI=1S/C36H74NO4.CH4O4S/c1-6-8-10-12-14-16-18-20-22-24-26-28-30-39-33-35(34-41-36(38)32-37(3,4)5)40-31-29-27-25-23-21-19-17-15-13-11-9-7-2;1-5-6(2,3)4/h35H,6-34H2,1-5H3;1H3,(H,2,3,4)/q+1;/p-1. The minimum atomic E-state index is -4.41. The van der Waals surface area contributed by atoms with E-state index in [9.17, 15) is 17.8 Å². The molecular formula is C37H77NO8S. The van der Waals surface area contributed by atoms with Gasteiger partial charge in [0, 0.05) is 13.2 Å². The van der Waals surface area contributed by atoms with E-state index in [1.54, 1.807) is 0 Å². The lowest BCUT2D eigenvalue weighted by atomic mass is 10.1. The molecule has 9 nitrogen and oxygen atoms in total. The van der Waals surface area contributed by atoms with Crippen LogP contribution in [0.2, 0.25) is 0 Å². The van der Waals surface area contributed by atoms with E-state index >= 15 is 0 Å². The van der Waals surface area contributed by atoms with Crippen molar-refractivity contribution in [1.82, 2.24) is 0 Å². The van der Waals surface area contributed by atoms with Crippen molar-refractivity contribution in [1.29, 1.82) is 0 Å². The molecule has 0 N–H and O–H groups in total. The summed E-state index contributed by atoms with van der Waals surface area (Å²) in [4.78, 5) is 12.2. The van der Waals surface area contributed by atoms with Gasteiger partial charge in [0.1, 0.15) is 12.7 Å². The normalized spacial score (nSPS) is 12.5. The maximum absolute atomic E-state index is 12.2. The Kier molecular flexibility index (Phi) is 36.1. The van der Waals surface area contributed by atoms with Gasteiger partial charge >= 0.3 is 5.97 Å². The fraction of sp³-hybridized carbons (Fsp3) is 0.973. The monoisotopic (exact) mass is 696 g/mol. The van der Waals surface area contributed by atoms with Crippen molar-refractivity contribution in [3.8, 4) is 0 Å². The highest BCUT2D eigenvalue weighted by Gasteiger charge is 2.18. The number of quaternary nitrogens is 1. The van der Waals surface area contributed by atoms with Crippen LogP contribution in [0.4, 0.5) is 0 Å². The summed E-state index contributed by atoms with van der Waals surface area (Å²) in [6.07, 6.45) is 32.0. The highest BCUT2D eigenvalue weighted by molar-refractivity contribution is 7.80. The van der Waals surface area contributed by atoms with Gasteiger partial charge in [-0.15, -0.1) is 0 Å². The molecule has 0 aliphatic carbocycles. The zero-order chi connectivity index (χ0) is 35.5. The minimum Gasteiger partial charge on any atom is -0.726 e. The molecule has 0 bridgehead atoms. The predicted molar refractivity (Wildman–Crippen MR) is 193 cm³/mol. The van der Waals surface area contributed by atoms with Crippen molar-refractivity contribution in [2.24, 2.45) is 0 Å². The molecule has 47 heavy (non-hydrogen) atoms. The molecule has 0 fully saturated rings. The number of hydrogen-bond donors (Lipinski definition) is 0. The Bertz CT molecular complexity index is 758. The number of ether oxygens (including phenoxy) is 3. The Labute approximate surface area is 291 Å².